The topological polar surface area (TPSA) is 123 Å². The lowest BCUT2D eigenvalue weighted by Gasteiger charge is -2.35. The highest BCUT2D eigenvalue weighted by Crippen LogP contribution is 2.33. The van der Waals surface area contributed by atoms with Gasteiger partial charge in [-0.3, -0.25) is 14.0 Å². The van der Waals surface area contributed by atoms with Gasteiger partial charge >= 0.3 is 5.97 Å². The van der Waals surface area contributed by atoms with Crippen LogP contribution < -0.4 is 0 Å². The molecule has 1 unspecified atom stereocenters. The minimum Gasteiger partial charge on any atom is -0.760 e. The van der Waals surface area contributed by atoms with E-state index in [-0.39, 0.29) is 48.6 Å². The predicted molar refractivity (Wildman–Crippen MR) is 120 cm³/mol. The van der Waals surface area contributed by atoms with Gasteiger partial charge in [0.15, 0.2) is 5.75 Å². The van der Waals surface area contributed by atoms with Crippen LogP contribution in [0.15, 0.2) is 42.6 Å². The van der Waals surface area contributed by atoms with E-state index in [0.717, 1.165) is 12.7 Å². The van der Waals surface area contributed by atoms with Gasteiger partial charge in [0.25, 0.3) is 5.91 Å². The number of benzene rings is 2. The average molecular weight is 487 g/mol. The summed E-state index contributed by atoms with van der Waals surface area (Å²) in [5.74, 6) is -2.00. The first kappa shape index (κ1) is 23.7. The summed E-state index contributed by atoms with van der Waals surface area (Å²) >= 11 is -2.37. The van der Waals surface area contributed by atoms with Crippen molar-refractivity contribution >= 4 is 34.0 Å². The summed E-state index contributed by atoms with van der Waals surface area (Å²) in [7, 11) is 1.16. The molecule has 1 aromatic heterocycles. The van der Waals surface area contributed by atoms with Crippen molar-refractivity contribution in [2.24, 2.45) is 0 Å². The molecule has 0 spiro atoms. The number of amides is 1. The molecule has 3 aromatic rings. The van der Waals surface area contributed by atoms with Crippen LogP contribution in [0.5, 0.6) is 5.75 Å². The van der Waals surface area contributed by atoms with Gasteiger partial charge < -0.3 is 19.3 Å². The number of ether oxygens (including phenoxy) is 1. The monoisotopic (exact) mass is 486 g/mol. The Morgan fingerprint density at radius 1 is 1.12 bits per heavy atom. The SMILES string of the molecule is COC(=O)c1cc(C(=O)N2CCN(S(=O)[O-])CC2)c2cc(Cc3ccc(F)cc3)cnc2c1O. The number of phenolic OH excluding ortho intramolecular Hbond substituents is 1. The Kier molecular flexibility index (Phi) is 6.87. The molecule has 0 saturated carbocycles. The summed E-state index contributed by atoms with van der Waals surface area (Å²) < 4.78 is 41.6. The number of aromatic hydroxyl groups is 1. The zero-order valence-electron chi connectivity index (χ0n) is 18.2. The molecule has 4 rings (SSSR count). The minimum atomic E-state index is -2.37. The molecule has 11 heteroatoms. The number of carbonyl (C=O) groups is 2. The number of piperazine rings is 1. The Bertz CT molecular complexity index is 1280. The fourth-order valence-corrected chi connectivity index (χ4v) is 4.37. The molecule has 0 aliphatic carbocycles. The Balaban J connectivity index is 1.76. The fraction of sp³-hybridized carbons (Fsp3) is 0.261. The first-order valence-corrected chi connectivity index (χ1v) is 11.4. The highest BCUT2D eigenvalue weighted by Gasteiger charge is 2.27. The Labute approximate surface area is 197 Å². The molecule has 1 saturated heterocycles. The van der Waals surface area contributed by atoms with Crippen LogP contribution in [-0.4, -0.2) is 73.2 Å². The molecule has 9 nitrogen and oxygen atoms in total. The summed E-state index contributed by atoms with van der Waals surface area (Å²) in [6.07, 6.45) is 1.92. The second-order valence-corrected chi connectivity index (χ2v) is 8.74. The van der Waals surface area contributed by atoms with Crippen LogP contribution >= 0.6 is 0 Å². The molecule has 1 N–H and O–H groups in total. The molecular weight excluding hydrogens is 465 g/mol. The summed E-state index contributed by atoms with van der Waals surface area (Å²) in [4.78, 5) is 31.5. The largest absolute Gasteiger partial charge is 0.760 e. The molecule has 1 amide bonds. The highest BCUT2D eigenvalue weighted by atomic mass is 32.2. The molecule has 178 valence electrons. The van der Waals surface area contributed by atoms with Gasteiger partial charge in [0.2, 0.25) is 0 Å². The van der Waals surface area contributed by atoms with Crippen molar-refractivity contribution in [3.05, 3.63) is 70.7 Å². The lowest BCUT2D eigenvalue weighted by molar-refractivity contribution is 0.0597. The number of hydrogen-bond donors (Lipinski definition) is 1. The summed E-state index contributed by atoms with van der Waals surface area (Å²) in [6.45, 7) is 0.641. The van der Waals surface area contributed by atoms with E-state index in [1.165, 1.54) is 33.6 Å². The highest BCUT2D eigenvalue weighted by molar-refractivity contribution is 7.76. The number of esters is 1. The first-order valence-electron chi connectivity index (χ1n) is 10.4. The Morgan fingerprint density at radius 2 is 1.79 bits per heavy atom. The van der Waals surface area contributed by atoms with Gasteiger partial charge in [-0.2, -0.15) is 0 Å². The molecule has 1 atom stereocenters. The van der Waals surface area contributed by atoms with E-state index < -0.39 is 28.9 Å². The maximum Gasteiger partial charge on any atom is 0.341 e. The van der Waals surface area contributed by atoms with Crippen molar-refractivity contribution in [3.63, 3.8) is 0 Å². The number of methoxy groups -OCH3 is 1. The maximum atomic E-state index is 13.4. The quantitative estimate of drug-likeness (QED) is 0.432. The van der Waals surface area contributed by atoms with Crippen molar-refractivity contribution in [3.8, 4) is 5.75 Å². The first-order chi connectivity index (χ1) is 16.3. The van der Waals surface area contributed by atoms with E-state index in [0.29, 0.717) is 17.4 Å². The maximum absolute atomic E-state index is 13.4. The fourth-order valence-electron chi connectivity index (χ4n) is 3.91. The van der Waals surface area contributed by atoms with Gasteiger partial charge in [0.05, 0.1) is 12.7 Å². The number of phenols is 1. The molecule has 1 fully saturated rings. The number of rotatable bonds is 5. The van der Waals surface area contributed by atoms with Crippen molar-refractivity contribution in [1.29, 1.82) is 0 Å². The van der Waals surface area contributed by atoms with Crippen LogP contribution in [0.3, 0.4) is 0 Å². The third-order valence-corrected chi connectivity index (χ3v) is 6.48. The molecule has 0 bridgehead atoms. The third-order valence-electron chi connectivity index (χ3n) is 5.70. The number of carbonyl (C=O) groups excluding carboxylic acids is 2. The lowest BCUT2D eigenvalue weighted by Crippen LogP contribution is -2.49. The summed E-state index contributed by atoms with van der Waals surface area (Å²) in [5.41, 5.74) is 1.54. The van der Waals surface area contributed by atoms with Gasteiger partial charge in [0.1, 0.15) is 16.9 Å². The van der Waals surface area contributed by atoms with Crippen molar-refractivity contribution < 1.29 is 32.6 Å². The minimum absolute atomic E-state index is 0.0633. The molecule has 2 aromatic carbocycles. The molecule has 2 heterocycles. The van der Waals surface area contributed by atoms with Gasteiger partial charge in [0, 0.05) is 49.0 Å². The predicted octanol–water partition coefficient (Wildman–Crippen LogP) is 2.01. The van der Waals surface area contributed by atoms with Crippen molar-refractivity contribution in [2.45, 2.75) is 6.42 Å². The number of halogens is 1. The number of nitrogens with zero attached hydrogens (tertiary/aromatic N) is 3. The number of hydrogen-bond acceptors (Lipinski definition) is 7. The summed E-state index contributed by atoms with van der Waals surface area (Å²) in [5, 5.41) is 11.0. The van der Waals surface area contributed by atoms with Crippen LogP contribution in [0.4, 0.5) is 4.39 Å². The molecular formula is C23H21FN3O6S-. The normalized spacial score (nSPS) is 15.3. The lowest BCUT2D eigenvalue weighted by atomic mass is 9.98. The average Bonchev–Trinajstić information content (AvgIpc) is 2.85. The number of aromatic nitrogens is 1. The second-order valence-electron chi connectivity index (χ2n) is 7.79. The summed E-state index contributed by atoms with van der Waals surface area (Å²) in [6, 6.07) is 8.95. The van der Waals surface area contributed by atoms with E-state index in [4.69, 9.17) is 4.74 Å². The van der Waals surface area contributed by atoms with E-state index in [9.17, 15) is 27.8 Å². The number of fused-ring (bicyclic) bond motifs is 1. The van der Waals surface area contributed by atoms with Crippen molar-refractivity contribution in [1.82, 2.24) is 14.2 Å². The standard InChI is InChI=1S/C23H22FN3O6S/c1-33-23(30)19-12-18(22(29)26-6-8-27(9-7-26)34(31)32)17-11-15(13-25-20(17)21(19)28)10-14-2-4-16(24)5-3-14/h2-5,11-13,28H,6-10H2,1H3,(H,31,32)/p-1. The van der Waals surface area contributed by atoms with Crippen LogP contribution in [0, 0.1) is 5.82 Å². The molecule has 0 radical (unpaired) electrons. The molecule has 1 aliphatic rings. The van der Waals surface area contributed by atoms with E-state index in [1.807, 2.05) is 0 Å². The van der Waals surface area contributed by atoms with E-state index in [2.05, 4.69) is 4.98 Å². The van der Waals surface area contributed by atoms with Crippen LogP contribution in [0.2, 0.25) is 0 Å². The second kappa shape index (κ2) is 9.84. The van der Waals surface area contributed by atoms with Gasteiger partial charge in [-0.25, -0.2) is 13.5 Å². The van der Waals surface area contributed by atoms with E-state index in [1.54, 1.807) is 18.2 Å². The van der Waals surface area contributed by atoms with Gasteiger partial charge in [-0.1, -0.05) is 12.1 Å². The van der Waals surface area contributed by atoms with Crippen LogP contribution in [0.25, 0.3) is 10.9 Å². The third kappa shape index (κ3) is 4.76. The van der Waals surface area contributed by atoms with Crippen molar-refractivity contribution in [2.75, 3.05) is 33.3 Å². The smallest absolute Gasteiger partial charge is 0.341 e. The Hall–Kier alpha value is -3.41. The van der Waals surface area contributed by atoms with Gasteiger partial charge in [-0.05, 0) is 41.8 Å². The Morgan fingerprint density at radius 3 is 2.41 bits per heavy atom. The molecule has 1 aliphatic heterocycles. The zero-order chi connectivity index (χ0) is 24.4. The number of pyridine rings is 1. The zero-order valence-corrected chi connectivity index (χ0v) is 19.0. The van der Waals surface area contributed by atoms with Gasteiger partial charge in [-0.15, -0.1) is 0 Å². The van der Waals surface area contributed by atoms with Crippen LogP contribution in [0.1, 0.15) is 31.8 Å². The van der Waals surface area contributed by atoms with Crippen LogP contribution in [-0.2, 0) is 22.4 Å². The van der Waals surface area contributed by atoms with E-state index >= 15 is 0 Å². The molecule has 34 heavy (non-hydrogen) atoms.